The van der Waals surface area contributed by atoms with E-state index in [0.29, 0.717) is 24.3 Å². The third-order valence-corrected chi connectivity index (χ3v) is 6.51. The van der Waals surface area contributed by atoms with Crippen molar-refractivity contribution in [3.8, 4) is 0 Å². The second-order valence-corrected chi connectivity index (χ2v) is 12.8. The predicted octanol–water partition coefficient (Wildman–Crippen LogP) is 6.90. The summed E-state index contributed by atoms with van der Waals surface area (Å²) in [6.07, 6.45) is -1.05. The van der Waals surface area contributed by atoms with Crippen molar-refractivity contribution in [1.29, 1.82) is 0 Å². The summed E-state index contributed by atoms with van der Waals surface area (Å²) in [5, 5.41) is 0. The maximum atomic E-state index is 12.8. The molecule has 0 saturated heterocycles. The van der Waals surface area contributed by atoms with Crippen LogP contribution in [0.25, 0.3) is 0 Å². The van der Waals surface area contributed by atoms with Crippen molar-refractivity contribution in [1.82, 2.24) is 0 Å². The van der Waals surface area contributed by atoms with E-state index in [1.54, 1.807) is 12.1 Å². The molecule has 0 fully saturated rings. The lowest BCUT2D eigenvalue weighted by Crippen LogP contribution is -2.29. The van der Waals surface area contributed by atoms with Crippen molar-refractivity contribution < 1.29 is 33.3 Å². The van der Waals surface area contributed by atoms with Gasteiger partial charge >= 0.3 is 11.9 Å². The van der Waals surface area contributed by atoms with Gasteiger partial charge in [0, 0.05) is 0 Å². The van der Waals surface area contributed by atoms with Crippen LogP contribution in [-0.4, -0.2) is 62.8 Å². The molecule has 0 spiro atoms. The number of hydrogen-bond donors (Lipinski definition) is 0. The first-order valence-corrected chi connectivity index (χ1v) is 14.5. The van der Waals surface area contributed by atoms with Crippen LogP contribution in [0, 0.1) is 0 Å². The molecule has 0 heterocycles. The average molecular weight is 571 g/mol. The van der Waals surface area contributed by atoms with Gasteiger partial charge in [0.25, 0.3) is 0 Å². The van der Waals surface area contributed by atoms with Gasteiger partial charge in [-0.2, -0.15) is 0 Å². The normalized spacial score (nSPS) is 15.1. The van der Waals surface area contributed by atoms with E-state index in [2.05, 4.69) is 41.5 Å². The summed E-state index contributed by atoms with van der Waals surface area (Å²) in [6.45, 7) is 21.1. The van der Waals surface area contributed by atoms with Gasteiger partial charge in [-0.05, 0) is 61.8 Å². The van der Waals surface area contributed by atoms with Crippen LogP contribution >= 0.6 is 0 Å². The molecule has 0 bridgehead atoms. The smallest absolute Gasteiger partial charge is 0.338 e. The van der Waals surface area contributed by atoms with Crippen molar-refractivity contribution in [3.63, 3.8) is 0 Å². The maximum absolute atomic E-state index is 12.8. The Kier molecular flexibility index (Phi) is 13.0. The van der Waals surface area contributed by atoms with E-state index >= 15 is 0 Å². The quantitative estimate of drug-likeness (QED) is 0.229. The number of ether oxygens (including phenoxy) is 5. The summed E-state index contributed by atoms with van der Waals surface area (Å²) in [5.74, 6) is -0.695. The molecule has 0 aliphatic carbocycles. The molecule has 0 amide bonds. The first-order chi connectivity index (χ1) is 19.1. The number of esters is 2. The molecule has 7 nitrogen and oxygen atoms in total. The molecule has 2 aromatic carbocycles. The second kappa shape index (κ2) is 15.5. The van der Waals surface area contributed by atoms with Gasteiger partial charge in [0.15, 0.2) is 0 Å². The molecule has 2 rings (SSSR count). The first-order valence-electron chi connectivity index (χ1n) is 14.5. The number of rotatable bonds is 14. The summed E-state index contributed by atoms with van der Waals surface area (Å²) in [4.78, 5) is 25.5. The van der Waals surface area contributed by atoms with Gasteiger partial charge in [-0.15, -0.1) is 0 Å². The predicted molar refractivity (Wildman–Crippen MR) is 162 cm³/mol. The molecule has 4 unspecified atom stereocenters. The van der Waals surface area contributed by atoms with Crippen LogP contribution in [0.1, 0.15) is 101 Å². The Morgan fingerprint density at radius 1 is 0.561 bits per heavy atom. The lowest BCUT2D eigenvalue weighted by atomic mass is 9.84. The topological polar surface area (TPSA) is 80.3 Å². The molecule has 0 aliphatic rings. The fourth-order valence-electron chi connectivity index (χ4n) is 4.22. The Morgan fingerprint density at radius 2 is 0.927 bits per heavy atom. The van der Waals surface area contributed by atoms with Crippen LogP contribution in [0.2, 0.25) is 0 Å². The summed E-state index contributed by atoms with van der Waals surface area (Å²) >= 11 is 0. The van der Waals surface area contributed by atoms with Gasteiger partial charge in [0.2, 0.25) is 0 Å². The van der Waals surface area contributed by atoms with Gasteiger partial charge in [0.05, 0.1) is 49.3 Å². The Bertz CT molecular complexity index is 1110. The highest BCUT2D eigenvalue weighted by molar-refractivity contribution is 5.92. The molecule has 0 radical (unpaired) electrons. The van der Waals surface area contributed by atoms with Gasteiger partial charge in [0.1, 0.15) is 12.7 Å². The fourth-order valence-corrected chi connectivity index (χ4v) is 4.22. The van der Waals surface area contributed by atoms with E-state index in [1.165, 1.54) is 0 Å². The molecular weight excluding hydrogens is 520 g/mol. The largest absolute Gasteiger partial charge is 0.459 e. The van der Waals surface area contributed by atoms with Crippen LogP contribution in [0.4, 0.5) is 0 Å². The molecule has 0 saturated carbocycles. The zero-order valence-corrected chi connectivity index (χ0v) is 26.6. The highest BCUT2D eigenvalue weighted by Crippen LogP contribution is 2.27. The maximum Gasteiger partial charge on any atom is 0.338 e. The van der Waals surface area contributed by atoms with E-state index in [9.17, 15) is 9.59 Å². The molecule has 41 heavy (non-hydrogen) atoms. The van der Waals surface area contributed by atoms with Crippen molar-refractivity contribution >= 4 is 11.9 Å². The van der Waals surface area contributed by atoms with Crippen molar-refractivity contribution in [2.75, 3.05) is 26.4 Å². The SMILES string of the molecule is CC(COC(=O)c1ccccc1C(C)(C)C)OCC(C)OCC(C)OCC(C)OC(=O)c1ccccc1C(C)(C)C. The molecule has 0 N–H and O–H groups in total. The van der Waals surface area contributed by atoms with Gasteiger partial charge in [-0.25, -0.2) is 9.59 Å². The second-order valence-electron chi connectivity index (χ2n) is 12.8. The Balaban J connectivity index is 1.68. The Hall–Kier alpha value is -2.74. The van der Waals surface area contributed by atoms with E-state index < -0.39 is 6.10 Å². The standard InChI is InChI=1S/C34H50O7/c1-23(19-38-25(3)21-40-31(35)27-15-11-13-17-29(27)33(5,6)7)37-20-24(2)39-22-26(4)41-32(36)28-16-12-14-18-30(28)34(8,9)10/h11-18,23-26H,19-22H2,1-10H3. The van der Waals surface area contributed by atoms with E-state index in [-0.39, 0.29) is 54.3 Å². The van der Waals surface area contributed by atoms with Crippen LogP contribution in [0.15, 0.2) is 48.5 Å². The monoisotopic (exact) mass is 570 g/mol. The van der Waals surface area contributed by atoms with Crippen LogP contribution in [0.5, 0.6) is 0 Å². The number of benzene rings is 2. The van der Waals surface area contributed by atoms with Crippen LogP contribution in [-0.2, 0) is 34.5 Å². The average Bonchev–Trinajstić information content (AvgIpc) is 2.91. The fraction of sp³-hybridized carbons (Fsp3) is 0.588. The number of hydrogen-bond acceptors (Lipinski definition) is 7. The molecule has 0 aliphatic heterocycles. The third-order valence-electron chi connectivity index (χ3n) is 6.51. The first kappa shape index (κ1) is 34.5. The minimum Gasteiger partial charge on any atom is -0.459 e. The molecule has 228 valence electrons. The van der Waals surface area contributed by atoms with E-state index in [4.69, 9.17) is 23.7 Å². The van der Waals surface area contributed by atoms with Crippen molar-refractivity contribution in [3.05, 3.63) is 70.8 Å². The minimum absolute atomic E-state index is 0.153. The van der Waals surface area contributed by atoms with E-state index in [1.807, 2.05) is 64.1 Å². The summed E-state index contributed by atoms with van der Waals surface area (Å²) < 4.78 is 28.7. The molecule has 4 atom stereocenters. The van der Waals surface area contributed by atoms with Crippen LogP contribution < -0.4 is 0 Å². The number of carbonyl (C=O) groups is 2. The molecule has 7 heteroatoms. The highest BCUT2D eigenvalue weighted by Gasteiger charge is 2.24. The third kappa shape index (κ3) is 11.6. The Morgan fingerprint density at radius 3 is 1.37 bits per heavy atom. The van der Waals surface area contributed by atoms with Crippen molar-refractivity contribution in [2.45, 2.75) is 104 Å². The van der Waals surface area contributed by atoms with Gasteiger partial charge < -0.3 is 23.7 Å². The van der Waals surface area contributed by atoms with Gasteiger partial charge in [-0.1, -0.05) is 77.9 Å². The zero-order valence-electron chi connectivity index (χ0n) is 26.6. The lowest BCUT2D eigenvalue weighted by Gasteiger charge is -2.24. The number of carbonyl (C=O) groups excluding carboxylic acids is 2. The minimum atomic E-state index is -0.405. The molecule has 2 aromatic rings. The van der Waals surface area contributed by atoms with Crippen LogP contribution in [0.3, 0.4) is 0 Å². The summed E-state index contributed by atoms with van der Waals surface area (Å²) in [7, 11) is 0. The summed E-state index contributed by atoms with van der Waals surface area (Å²) in [6, 6.07) is 15.1. The van der Waals surface area contributed by atoms with Gasteiger partial charge in [-0.3, -0.25) is 0 Å². The van der Waals surface area contributed by atoms with E-state index in [0.717, 1.165) is 11.1 Å². The molecule has 0 aromatic heterocycles. The van der Waals surface area contributed by atoms with Crippen molar-refractivity contribution in [2.24, 2.45) is 0 Å². The highest BCUT2D eigenvalue weighted by atomic mass is 16.6. The summed E-state index contributed by atoms with van der Waals surface area (Å²) in [5.41, 5.74) is 2.74. The molecular formula is C34H50O7. The zero-order chi connectivity index (χ0) is 30.8. The lowest BCUT2D eigenvalue weighted by molar-refractivity contribution is -0.0851. The Labute approximate surface area is 246 Å².